The van der Waals surface area contributed by atoms with E-state index in [2.05, 4.69) is 0 Å². The summed E-state index contributed by atoms with van der Waals surface area (Å²) in [6, 6.07) is 6.79. The SMILES string of the molecule is CC(=O)c1ccccc1C(C)C(=O)O. The molecule has 1 aromatic rings. The summed E-state index contributed by atoms with van der Waals surface area (Å²) in [4.78, 5) is 22.0. The van der Waals surface area contributed by atoms with Gasteiger partial charge in [0, 0.05) is 5.56 Å². The van der Waals surface area contributed by atoms with Crippen molar-refractivity contribution >= 4 is 11.8 Å². The number of carbonyl (C=O) groups is 2. The van der Waals surface area contributed by atoms with Crippen LogP contribution in [0.15, 0.2) is 24.3 Å². The van der Waals surface area contributed by atoms with Crippen LogP contribution in [-0.4, -0.2) is 16.9 Å². The third-order valence-electron chi connectivity index (χ3n) is 2.18. The number of ketones is 1. The molecule has 0 spiro atoms. The first kappa shape index (κ1) is 10.4. The van der Waals surface area contributed by atoms with Gasteiger partial charge in [-0.1, -0.05) is 24.3 Å². The van der Waals surface area contributed by atoms with Gasteiger partial charge in [-0.05, 0) is 19.4 Å². The van der Waals surface area contributed by atoms with Gasteiger partial charge in [0.25, 0.3) is 0 Å². The predicted octanol–water partition coefficient (Wildman–Crippen LogP) is 2.08. The van der Waals surface area contributed by atoms with Crippen molar-refractivity contribution in [3.05, 3.63) is 35.4 Å². The summed E-state index contributed by atoms with van der Waals surface area (Å²) in [5.41, 5.74) is 1.06. The first-order chi connectivity index (χ1) is 6.54. The Morgan fingerprint density at radius 1 is 1.29 bits per heavy atom. The number of carboxylic acid groups (broad SMARTS) is 1. The zero-order valence-electron chi connectivity index (χ0n) is 8.15. The molecule has 0 amide bonds. The van der Waals surface area contributed by atoms with Crippen molar-refractivity contribution in [2.45, 2.75) is 19.8 Å². The Labute approximate surface area is 82.4 Å². The van der Waals surface area contributed by atoms with Crippen molar-refractivity contribution in [1.29, 1.82) is 0 Å². The zero-order valence-corrected chi connectivity index (χ0v) is 8.15. The molecule has 0 aliphatic carbocycles. The van der Waals surface area contributed by atoms with Crippen LogP contribution in [0.25, 0.3) is 0 Å². The molecule has 74 valence electrons. The lowest BCUT2D eigenvalue weighted by atomic mass is 9.94. The smallest absolute Gasteiger partial charge is 0.310 e. The fourth-order valence-corrected chi connectivity index (χ4v) is 1.33. The van der Waals surface area contributed by atoms with Crippen molar-refractivity contribution in [2.75, 3.05) is 0 Å². The molecule has 0 aliphatic heterocycles. The van der Waals surface area contributed by atoms with Crippen molar-refractivity contribution in [2.24, 2.45) is 0 Å². The quantitative estimate of drug-likeness (QED) is 0.746. The highest BCUT2D eigenvalue weighted by Crippen LogP contribution is 2.20. The molecule has 0 heterocycles. The number of hydrogen-bond donors (Lipinski definition) is 1. The van der Waals surface area contributed by atoms with Crippen LogP contribution >= 0.6 is 0 Å². The van der Waals surface area contributed by atoms with Gasteiger partial charge in [0.05, 0.1) is 5.92 Å². The van der Waals surface area contributed by atoms with Gasteiger partial charge in [-0.3, -0.25) is 9.59 Å². The lowest BCUT2D eigenvalue weighted by molar-refractivity contribution is -0.138. The average molecular weight is 192 g/mol. The van der Waals surface area contributed by atoms with E-state index in [1.165, 1.54) is 6.92 Å². The van der Waals surface area contributed by atoms with E-state index in [1.807, 2.05) is 0 Å². The van der Waals surface area contributed by atoms with Gasteiger partial charge in [0.15, 0.2) is 5.78 Å². The molecule has 0 fully saturated rings. The molecule has 1 rings (SSSR count). The maximum absolute atomic E-state index is 11.2. The molecule has 0 bridgehead atoms. The van der Waals surface area contributed by atoms with Crippen LogP contribution in [0.1, 0.15) is 35.7 Å². The summed E-state index contributed by atoms with van der Waals surface area (Å²) < 4.78 is 0. The molecule has 1 unspecified atom stereocenters. The zero-order chi connectivity index (χ0) is 10.7. The van der Waals surface area contributed by atoms with Crippen LogP contribution in [0.5, 0.6) is 0 Å². The summed E-state index contributed by atoms with van der Waals surface area (Å²) in [6.07, 6.45) is 0. The minimum atomic E-state index is -0.918. The lowest BCUT2D eigenvalue weighted by Gasteiger charge is -2.10. The molecule has 0 aromatic heterocycles. The molecule has 0 saturated carbocycles. The summed E-state index contributed by atoms with van der Waals surface area (Å²) in [5.74, 6) is -1.66. The van der Waals surface area contributed by atoms with Crippen molar-refractivity contribution in [3.8, 4) is 0 Å². The van der Waals surface area contributed by atoms with Gasteiger partial charge >= 0.3 is 5.97 Å². The van der Waals surface area contributed by atoms with Gasteiger partial charge in [0.1, 0.15) is 0 Å². The normalized spacial score (nSPS) is 12.1. The lowest BCUT2D eigenvalue weighted by Crippen LogP contribution is -2.11. The van der Waals surface area contributed by atoms with E-state index in [1.54, 1.807) is 31.2 Å². The Morgan fingerprint density at radius 2 is 1.86 bits per heavy atom. The molecule has 0 radical (unpaired) electrons. The number of carbonyl (C=O) groups excluding carboxylic acids is 1. The van der Waals surface area contributed by atoms with Crippen LogP contribution < -0.4 is 0 Å². The first-order valence-corrected chi connectivity index (χ1v) is 4.36. The maximum Gasteiger partial charge on any atom is 0.310 e. The highest BCUT2D eigenvalue weighted by Gasteiger charge is 2.18. The number of carboxylic acids is 1. The Kier molecular flexibility index (Phi) is 3.02. The predicted molar refractivity (Wildman–Crippen MR) is 52.5 cm³/mol. The van der Waals surface area contributed by atoms with Gasteiger partial charge < -0.3 is 5.11 Å². The van der Waals surface area contributed by atoms with Crippen LogP contribution in [0.2, 0.25) is 0 Å². The third kappa shape index (κ3) is 1.99. The summed E-state index contributed by atoms with van der Waals surface area (Å²) >= 11 is 0. The Balaban J connectivity index is 3.19. The minimum Gasteiger partial charge on any atom is -0.481 e. The molecule has 1 N–H and O–H groups in total. The Morgan fingerprint density at radius 3 is 2.36 bits per heavy atom. The van der Waals surface area contributed by atoms with Gasteiger partial charge in [-0.15, -0.1) is 0 Å². The molecule has 1 aromatic carbocycles. The molecule has 14 heavy (non-hydrogen) atoms. The molecule has 3 heteroatoms. The van der Waals surface area contributed by atoms with Gasteiger partial charge in [-0.2, -0.15) is 0 Å². The van der Waals surface area contributed by atoms with E-state index < -0.39 is 11.9 Å². The largest absolute Gasteiger partial charge is 0.481 e. The van der Waals surface area contributed by atoms with E-state index in [-0.39, 0.29) is 5.78 Å². The van der Waals surface area contributed by atoms with E-state index in [0.717, 1.165) is 0 Å². The maximum atomic E-state index is 11.2. The van der Waals surface area contributed by atoms with E-state index in [4.69, 9.17) is 5.11 Å². The molecule has 3 nitrogen and oxygen atoms in total. The van der Waals surface area contributed by atoms with Crippen LogP contribution in [0.3, 0.4) is 0 Å². The molecule has 1 atom stereocenters. The van der Waals surface area contributed by atoms with Crippen LogP contribution in [0.4, 0.5) is 0 Å². The highest BCUT2D eigenvalue weighted by molar-refractivity contribution is 5.97. The summed E-state index contributed by atoms with van der Waals surface area (Å²) in [5, 5.41) is 8.83. The summed E-state index contributed by atoms with van der Waals surface area (Å²) in [7, 11) is 0. The monoisotopic (exact) mass is 192 g/mol. The average Bonchev–Trinajstić information content (AvgIpc) is 2.16. The number of hydrogen-bond acceptors (Lipinski definition) is 2. The van der Waals surface area contributed by atoms with Gasteiger partial charge in [-0.25, -0.2) is 0 Å². The molecule has 0 aliphatic rings. The minimum absolute atomic E-state index is 0.103. The molecular weight excluding hydrogens is 180 g/mol. The second-order valence-corrected chi connectivity index (χ2v) is 3.20. The highest BCUT2D eigenvalue weighted by atomic mass is 16.4. The van der Waals surface area contributed by atoms with Crippen molar-refractivity contribution in [3.63, 3.8) is 0 Å². The Hall–Kier alpha value is -1.64. The Bertz CT molecular complexity index is 369. The van der Waals surface area contributed by atoms with Crippen LogP contribution in [-0.2, 0) is 4.79 Å². The van der Waals surface area contributed by atoms with Crippen molar-refractivity contribution < 1.29 is 14.7 Å². The number of aliphatic carboxylic acids is 1. The molecular formula is C11H12O3. The van der Waals surface area contributed by atoms with Gasteiger partial charge in [0.2, 0.25) is 0 Å². The van der Waals surface area contributed by atoms with Crippen molar-refractivity contribution in [1.82, 2.24) is 0 Å². The first-order valence-electron chi connectivity index (χ1n) is 4.36. The summed E-state index contributed by atoms with van der Waals surface area (Å²) in [6.45, 7) is 3.01. The third-order valence-corrected chi connectivity index (χ3v) is 2.18. The number of Topliss-reactive ketones (excluding diaryl/α,β-unsaturated/α-hetero) is 1. The number of benzene rings is 1. The van der Waals surface area contributed by atoms with Crippen LogP contribution in [0, 0.1) is 0 Å². The van der Waals surface area contributed by atoms with E-state index in [0.29, 0.717) is 11.1 Å². The molecule has 0 saturated heterocycles. The fourth-order valence-electron chi connectivity index (χ4n) is 1.33. The topological polar surface area (TPSA) is 54.4 Å². The second-order valence-electron chi connectivity index (χ2n) is 3.20. The fraction of sp³-hybridized carbons (Fsp3) is 0.273. The standard InChI is InChI=1S/C11H12O3/c1-7(11(13)14)9-5-3-4-6-10(9)8(2)12/h3-7H,1-2H3,(H,13,14). The van der Waals surface area contributed by atoms with E-state index >= 15 is 0 Å². The van der Waals surface area contributed by atoms with E-state index in [9.17, 15) is 9.59 Å². The number of rotatable bonds is 3. The second kappa shape index (κ2) is 4.05.